The van der Waals surface area contributed by atoms with Crippen LogP contribution in [0.5, 0.6) is 0 Å². The second-order valence-corrected chi connectivity index (χ2v) is 2.52. The van der Waals surface area contributed by atoms with Crippen molar-refractivity contribution in [3.8, 4) is 0 Å². The maximum absolute atomic E-state index is 10.2. The van der Waals surface area contributed by atoms with E-state index in [1.54, 1.807) is 6.07 Å². The minimum Gasteiger partial charge on any atom is -0.236 e. The number of benzene rings is 1. The smallest absolute Gasteiger partial charge is 0.0862 e. The maximum atomic E-state index is 10.2. The minimum absolute atomic E-state index is 0.0691. The molecule has 0 heterocycles. The molecule has 1 radical (unpaired) electrons. The van der Waals surface area contributed by atoms with Gasteiger partial charge in [-0.15, -0.1) is 0 Å². The molecule has 0 N–H and O–H groups in total. The molecule has 0 saturated heterocycles. The highest BCUT2D eigenvalue weighted by molar-refractivity contribution is 6.30. The van der Waals surface area contributed by atoms with E-state index in [9.17, 15) is 5.11 Å². The zero-order valence-electron chi connectivity index (χ0n) is 5.51. The van der Waals surface area contributed by atoms with Crippen LogP contribution in [0.2, 0.25) is 5.02 Å². The summed E-state index contributed by atoms with van der Waals surface area (Å²) in [5.74, 6) is 0. The zero-order valence-corrected chi connectivity index (χ0v) is 6.27. The van der Waals surface area contributed by atoms with Crippen molar-refractivity contribution in [1.82, 2.24) is 0 Å². The van der Waals surface area contributed by atoms with Crippen LogP contribution in [0, 0.1) is 0 Å². The van der Waals surface area contributed by atoms with E-state index in [-0.39, 0.29) is 6.61 Å². The lowest BCUT2D eigenvalue weighted by molar-refractivity contribution is 0.197. The first kappa shape index (κ1) is 7.58. The molecule has 0 spiro atoms. The summed E-state index contributed by atoms with van der Waals surface area (Å²) in [6.07, 6.45) is 0.570. The highest BCUT2D eigenvalue weighted by Crippen LogP contribution is 2.10. The molecule has 0 saturated carbocycles. The lowest BCUT2D eigenvalue weighted by Crippen LogP contribution is -1.87. The maximum Gasteiger partial charge on any atom is 0.0862 e. The lowest BCUT2D eigenvalue weighted by Gasteiger charge is -1.95. The van der Waals surface area contributed by atoms with Crippen molar-refractivity contribution in [1.29, 1.82) is 0 Å². The Balaban J connectivity index is 2.75. The van der Waals surface area contributed by atoms with E-state index >= 15 is 0 Å². The number of hydrogen-bond acceptors (Lipinski definition) is 0. The monoisotopic (exact) mass is 155 g/mol. The molecule has 0 unspecified atom stereocenters. The first-order valence-corrected chi connectivity index (χ1v) is 3.53. The van der Waals surface area contributed by atoms with Gasteiger partial charge >= 0.3 is 0 Å². The Morgan fingerprint density at radius 3 is 2.80 bits per heavy atom. The topological polar surface area (TPSA) is 19.9 Å². The van der Waals surface area contributed by atoms with Gasteiger partial charge in [0.25, 0.3) is 0 Å². The van der Waals surface area contributed by atoms with Crippen molar-refractivity contribution in [2.45, 2.75) is 6.42 Å². The van der Waals surface area contributed by atoms with Crippen LogP contribution in [0.3, 0.4) is 0 Å². The SMILES string of the molecule is [O]CCc1cccc(Cl)c1. The lowest BCUT2D eigenvalue weighted by atomic mass is 10.2. The van der Waals surface area contributed by atoms with Crippen LogP contribution in [0.4, 0.5) is 0 Å². The third kappa shape index (κ3) is 2.01. The molecule has 1 aromatic rings. The zero-order chi connectivity index (χ0) is 7.40. The van der Waals surface area contributed by atoms with E-state index in [1.807, 2.05) is 18.2 Å². The standard InChI is InChI=1S/C8H8ClO/c9-8-3-1-2-7(6-8)4-5-10/h1-3,6H,4-5H2. The minimum atomic E-state index is -0.0691. The van der Waals surface area contributed by atoms with Crippen LogP contribution in [0.1, 0.15) is 5.56 Å². The highest BCUT2D eigenvalue weighted by atomic mass is 35.5. The van der Waals surface area contributed by atoms with Crippen LogP contribution in [-0.4, -0.2) is 6.61 Å². The first-order chi connectivity index (χ1) is 4.83. The predicted octanol–water partition coefficient (Wildman–Crippen LogP) is 2.31. The second kappa shape index (κ2) is 3.59. The molecule has 0 aliphatic carbocycles. The average molecular weight is 156 g/mol. The normalized spacial score (nSPS) is 9.80. The van der Waals surface area contributed by atoms with Gasteiger partial charge in [-0.3, -0.25) is 0 Å². The Labute approximate surface area is 65.3 Å². The van der Waals surface area contributed by atoms with Crippen molar-refractivity contribution >= 4 is 11.6 Å². The van der Waals surface area contributed by atoms with Gasteiger partial charge in [-0.25, -0.2) is 5.11 Å². The largest absolute Gasteiger partial charge is 0.236 e. The molecule has 0 atom stereocenters. The Morgan fingerprint density at radius 1 is 1.40 bits per heavy atom. The molecular formula is C8H8ClO. The molecule has 1 rings (SSSR count). The van der Waals surface area contributed by atoms with Gasteiger partial charge < -0.3 is 0 Å². The highest BCUT2D eigenvalue weighted by Gasteiger charge is 1.91. The van der Waals surface area contributed by atoms with Crippen molar-refractivity contribution in [2.75, 3.05) is 6.61 Å². The fourth-order valence-electron chi connectivity index (χ4n) is 0.810. The Morgan fingerprint density at radius 2 is 2.20 bits per heavy atom. The first-order valence-electron chi connectivity index (χ1n) is 3.15. The van der Waals surface area contributed by atoms with Crippen molar-refractivity contribution < 1.29 is 5.11 Å². The van der Waals surface area contributed by atoms with E-state index in [2.05, 4.69) is 0 Å². The third-order valence-electron chi connectivity index (χ3n) is 1.28. The molecule has 1 nitrogen and oxygen atoms in total. The molecule has 0 fully saturated rings. The van der Waals surface area contributed by atoms with Crippen LogP contribution < -0.4 is 0 Å². The van der Waals surface area contributed by atoms with Gasteiger partial charge in [-0.05, 0) is 24.1 Å². The molecular weight excluding hydrogens is 148 g/mol. The van der Waals surface area contributed by atoms with Gasteiger partial charge in [-0.1, -0.05) is 23.7 Å². The van der Waals surface area contributed by atoms with Crippen molar-refractivity contribution in [2.24, 2.45) is 0 Å². The fourth-order valence-corrected chi connectivity index (χ4v) is 1.02. The molecule has 0 aliphatic heterocycles. The van der Waals surface area contributed by atoms with Gasteiger partial charge in [0, 0.05) is 5.02 Å². The number of hydrogen-bond donors (Lipinski definition) is 0. The van der Waals surface area contributed by atoms with E-state index in [0.717, 1.165) is 5.56 Å². The molecule has 53 valence electrons. The molecule has 0 bridgehead atoms. The molecule has 0 aromatic heterocycles. The Hall–Kier alpha value is -0.530. The molecule has 0 amide bonds. The van der Waals surface area contributed by atoms with Gasteiger partial charge in [0.05, 0.1) is 6.61 Å². The number of halogens is 1. The predicted molar refractivity (Wildman–Crippen MR) is 40.7 cm³/mol. The summed E-state index contributed by atoms with van der Waals surface area (Å²) in [7, 11) is 0. The Bertz CT molecular complexity index is 210. The van der Waals surface area contributed by atoms with Crippen LogP contribution in [-0.2, 0) is 11.5 Å². The summed E-state index contributed by atoms with van der Waals surface area (Å²) in [6.45, 7) is -0.0691. The molecule has 2 heteroatoms. The van der Waals surface area contributed by atoms with E-state index in [0.29, 0.717) is 11.4 Å². The Kier molecular flexibility index (Phi) is 2.72. The summed E-state index contributed by atoms with van der Waals surface area (Å²) < 4.78 is 0. The molecule has 10 heavy (non-hydrogen) atoms. The van der Waals surface area contributed by atoms with Crippen molar-refractivity contribution in [3.05, 3.63) is 34.9 Å². The average Bonchev–Trinajstić information content (AvgIpc) is 1.88. The summed E-state index contributed by atoms with van der Waals surface area (Å²) in [5, 5.41) is 10.9. The number of rotatable bonds is 2. The third-order valence-corrected chi connectivity index (χ3v) is 1.51. The van der Waals surface area contributed by atoms with E-state index in [4.69, 9.17) is 11.6 Å². The van der Waals surface area contributed by atoms with Crippen LogP contribution in [0.15, 0.2) is 24.3 Å². The summed E-state index contributed by atoms with van der Waals surface area (Å²) in [6, 6.07) is 7.38. The van der Waals surface area contributed by atoms with E-state index in [1.165, 1.54) is 0 Å². The van der Waals surface area contributed by atoms with Gasteiger partial charge in [0.15, 0.2) is 0 Å². The molecule has 1 aromatic carbocycles. The fraction of sp³-hybridized carbons (Fsp3) is 0.250. The van der Waals surface area contributed by atoms with Gasteiger partial charge in [-0.2, -0.15) is 0 Å². The second-order valence-electron chi connectivity index (χ2n) is 2.08. The summed E-state index contributed by atoms with van der Waals surface area (Å²) in [5.41, 5.74) is 1.02. The molecule has 0 aliphatic rings. The quantitative estimate of drug-likeness (QED) is 0.625. The van der Waals surface area contributed by atoms with E-state index < -0.39 is 0 Å². The van der Waals surface area contributed by atoms with Crippen LogP contribution >= 0.6 is 11.6 Å². The van der Waals surface area contributed by atoms with Gasteiger partial charge in [0.2, 0.25) is 0 Å². The van der Waals surface area contributed by atoms with Crippen LogP contribution in [0.25, 0.3) is 0 Å². The summed E-state index contributed by atoms with van der Waals surface area (Å²) in [4.78, 5) is 0. The summed E-state index contributed by atoms with van der Waals surface area (Å²) >= 11 is 5.68. The van der Waals surface area contributed by atoms with Crippen molar-refractivity contribution in [3.63, 3.8) is 0 Å². The van der Waals surface area contributed by atoms with Gasteiger partial charge in [0.1, 0.15) is 0 Å².